The molecule has 1 amide bonds. The minimum atomic E-state index is -4.34. The van der Waals surface area contributed by atoms with Gasteiger partial charge in [0.05, 0.1) is 43.0 Å². The summed E-state index contributed by atoms with van der Waals surface area (Å²) in [5.41, 5.74) is 0.149. The number of hydrogen-bond donors (Lipinski definition) is 1. The van der Waals surface area contributed by atoms with E-state index < -0.39 is 5.51 Å². The number of nitrogens with zero attached hydrogens (tertiary/aromatic N) is 5. The van der Waals surface area contributed by atoms with E-state index in [1.807, 2.05) is 49.5 Å². The van der Waals surface area contributed by atoms with E-state index in [4.69, 9.17) is 4.74 Å². The van der Waals surface area contributed by atoms with Crippen LogP contribution in [0.1, 0.15) is 34.2 Å². The van der Waals surface area contributed by atoms with Crippen LogP contribution in [0.5, 0.6) is 0 Å². The number of amides is 1. The molecule has 0 saturated heterocycles. The number of hydrogen-bond acceptors (Lipinski definition) is 7. The van der Waals surface area contributed by atoms with Crippen molar-refractivity contribution in [2.24, 2.45) is 5.10 Å². The van der Waals surface area contributed by atoms with Crippen LogP contribution in [0.15, 0.2) is 47.7 Å². The van der Waals surface area contributed by atoms with Crippen molar-refractivity contribution >= 4 is 35.5 Å². The highest BCUT2D eigenvalue weighted by Crippen LogP contribution is 2.33. The van der Waals surface area contributed by atoms with Crippen molar-refractivity contribution in [3.8, 4) is 0 Å². The van der Waals surface area contributed by atoms with Crippen LogP contribution >= 0.6 is 11.9 Å². The Kier molecular flexibility index (Phi) is 7.51. The fourth-order valence-electron chi connectivity index (χ4n) is 3.75. The van der Waals surface area contributed by atoms with Gasteiger partial charge in [-0.3, -0.25) is 18.5 Å². The third kappa shape index (κ3) is 6.06. The molecule has 1 aliphatic heterocycles. The van der Waals surface area contributed by atoms with E-state index >= 15 is 0 Å². The molecular weight excluding hydrogens is 481 g/mol. The van der Waals surface area contributed by atoms with Gasteiger partial charge in [-0.15, -0.1) is 0 Å². The highest BCUT2D eigenvalue weighted by molar-refractivity contribution is 7.98. The first kappa shape index (κ1) is 24.9. The zero-order valence-corrected chi connectivity index (χ0v) is 20.1. The number of aromatic nitrogens is 2. The normalized spacial score (nSPS) is 14.1. The Labute approximate surface area is 204 Å². The molecule has 1 aromatic carbocycles. The molecule has 1 N–H and O–H groups in total. The molecule has 0 atom stereocenters. The monoisotopic (exact) mass is 506 g/mol. The molecular formula is C23H25F3N6O2S. The zero-order chi connectivity index (χ0) is 25.0. The van der Waals surface area contributed by atoms with Gasteiger partial charge < -0.3 is 10.1 Å². The van der Waals surface area contributed by atoms with Gasteiger partial charge in [0.25, 0.3) is 5.91 Å². The van der Waals surface area contributed by atoms with E-state index in [2.05, 4.69) is 15.4 Å². The standard InChI is InChI=1S/C23H25F3N6O2S/c1-3-19-21(31-13-17(14-34-2)6-9-20(31)29-19)22(33)27-12-16-4-7-18(8-5-16)32-11-10-30(15-28-32)35-23(24,25)26/h4-9,13,15H,3,10-12,14H2,1-2H3,(H,27,33). The van der Waals surface area contributed by atoms with Gasteiger partial charge in [-0.05, 0) is 35.7 Å². The second-order valence-electron chi connectivity index (χ2n) is 7.84. The van der Waals surface area contributed by atoms with Crippen LogP contribution in [0, 0.1) is 0 Å². The number of imidazole rings is 1. The third-order valence-corrected chi connectivity index (χ3v) is 6.09. The van der Waals surface area contributed by atoms with Crippen LogP contribution in [-0.2, 0) is 24.3 Å². The van der Waals surface area contributed by atoms with Crippen LogP contribution in [0.4, 0.5) is 18.9 Å². The second kappa shape index (κ2) is 10.6. The Morgan fingerprint density at radius 1 is 1.14 bits per heavy atom. The number of carbonyl (C=O) groups excluding carboxylic acids is 1. The number of benzene rings is 1. The minimum absolute atomic E-state index is 0.191. The quantitative estimate of drug-likeness (QED) is 0.462. The van der Waals surface area contributed by atoms with Crippen molar-refractivity contribution in [3.05, 3.63) is 65.1 Å². The number of halogens is 3. The maximum Gasteiger partial charge on any atom is 0.461 e. The van der Waals surface area contributed by atoms with E-state index in [-0.39, 0.29) is 24.4 Å². The lowest BCUT2D eigenvalue weighted by atomic mass is 10.2. The number of hydrazone groups is 1. The summed E-state index contributed by atoms with van der Waals surface area (Å²) in [6, 6.07) is 11.2. The smallest absolute Gasteiger partial charge is 0.380 e. The molecule has 186 valence electrons. The maximum atomic E-state index is 13.1. The maximum absolute atomic E-state index is 13.1. The van der Waals surface area contributed by atoms with Crippen molar-refractivity contribution in [3.63, 3.8) is 0 Å². The first-order valence-corrected chi connectivity index (χ1v) is 11.7. The van der Waals surface area contributed by atoms with Crippen molar-refractivity contribution in [2.45, 2.75) is 32.0 Å². The van der Waals surface area contributed by atoms with Crippen LogP contribution in [0.2, 0.25) is 0 Å². The van der Waals surface area contributed by atoms with Crippen molar-refractivity contribution in [1.29, 1.82) is 0 Å². The summed E-state index contributed by atoms with van der Waals surface area (Å²) in [4.78, 5) is 17.6. The van der Waals surface area contributed by atoms with Crippen molar-refractivity contribution < 1.29 is 22.7 Å². The van der Waals surface area contributed by atoms with Gasteiger partial charge in [0.1, 0.15) is 17.7 Å². The van der Waals surface area contributed by atoms with E-state index in [1.54, 1.807) is 16.5 Å². The predicted molar refractivity (Wildman–Crippen MR) is 129 cm³/mol. The number of ether oxygens (including phenoxy) is 1. The van der Waals surface area contributed by atoms with Crippen molar-refractivity contribution in [1.82, 2.24) is 19.0 Å². The number of carbonyl (C=O) groups is 1. The van der Waals surface area contributed by atoms with Gasteiger partial charge in [-0.25, -0.2) is 4.98 Å². The number of anilines is 1. The molecule has 0 radical (unpaired) electrons. The highest BCUT2D eigenvalue weighted by Gasteiger charge is 2.33. The third-order valence-electron chi connectivity index (χ3n) is 5.37. The summed E-state index contributed by atoms with van der Waals surface area (Å²) in [5.74, 6) is -0.226. The molecule has 3 heterocycles. The summed E-state index contributed by atoms with van der Waals surface area (Å²) in [7, 11) is 1.62. The number of methoxy groups -OCH3 is 1. The van der Waals surface area contributed by atoms with Crippen LogP contribution < -0.4 is 10.3 Å². The lowest BCUT2D eigenvalue weighted by Crippen LogP contribution is -2.35. The molecule has 0 unspecified atom stereocenters. The van der Waals surface area contributed by atoms with Gasteiger partial charge in [0.2, 0.25) is 0 Å². The Balaban J connectivity index is 1.41. The number of nitrogens with one attached hydrogen (secondary N) is 1. The van der Waals surface area contributed by atoms with E-state index in [0.717, 1.165) is 21.1 Å². The molecule has 0 aliphatic carbocycles. The first-order chi connectivity index (χ1) is 16.8. The van der Waals surface area contributed by atoms with Gasteiger partial charge >= 0.3 is 5.51 Å². The van der Waals surface area contributed by atoms with Gasteiger partial charge in [0.15, 0.2) is 0 Å². The molecule has 3 aromatic rings. The molecule has 8 nitrogen and oxygen atoms in total. The van der Waals surface area contributed by atoms with Gasteiger partial charge in [-0.1, -0.05) is 25.1 Å². The summed E-state index contributed by atoms with van der Waals surface area (Å²) < 4.78 is 45.5. The lowest BCUT2D eigenvalue weighted by molar-refractivity contribution is -0.0351. The van der Waals surface area contributed by atoms with Crippen molar-refractivity contribution in [2.75, 3.05) is 25.2 Å². The van der Waals surface area contributed by atoms with E-state index in [0.29, 0.717) is 43.2 Å². The van der Waals surface area contributed by atoms with Crippen LogP contribution in [0.3, 0.4) is 0 Å². The Hall–Kier alpha value is -3.25. The van der Waals surface area contributed by atoms with E-state index in [9.17, 15) is 18.0 Å². The largest absolute Gasteiger partial charge is 0.461 e. The fraction of sp³-hybridized carbons (Fsp3) is 0.348. The summed E-state index contributed by atoms with van der Waals surface area (Å²) in [6.07, 6.45) is 3.66. The molecule has 2 aromatic heterocycles. The molecule has 12 heteroatoms. The molecule has 4 rings (SSSR count). The fourth-order valence-corrected chi connectivity index (χ4v) is 4.28. The lowest BCUT2D eigenvalue weighted by Gasteiger charge is -2.29. The van der Waals surface area contributed by atoms with Crippen LogP contribution in [0.25, 0.3) is 5.65 Å². The molecule has 0 saturated carbocycles. The zero-order valence-electron chi connectivity index (χ0n) is 19.2. The predicted octanol–water partition coefficient (Wildman–Crippen LogP) is 4.21. The van der Waals surface area contributed by atoms with Crippen LogP contribution in [-0.4, -0.2) is 51.6 Å². The SMILES string of the molecule is CCc1nc2ccc(COC)cn2c1C(=O)NCc1ccc(N2CCN(SC(F)(F)F)C=N2)cc1. The van der Waals surface area contributed by atoms with Gasteiger partial charge in [0, 0.05) is 19.9 Å². The Morgan fingerprint density at radius 2 is 1.89 bits per heavy atom. The highest BCUT2D eigenvalue weighted by atomic mass is 32.2. The first-order valence-electron chi connectivity index (χ1n) is 11.0. The second-order valence-corrected chi connectivity index (χ2v) is 8.95. The topological polar surface area (TPSA) is 74.5 Å². The number of alkyl halides is 3. The number of aryl methyl sites for hydroxylation is 1. The molecule has 35 heavy (non-hydrogen) atoms. The molecule has 0 fully saturated rings. The molecule has 0 bridgehead atoms. The minimum Gasteiger partial charge on any atom is -0.380 e. The Bertz CT molecular complexity index is 1210. The summed E-state index contributed by atoms with van der Waals surface area (Å²) >= 11 is -0.204. The average Bonchev–Trinajstić information content (AvgIpc) is 3.21. The number of pyridine rings is 1. The van der Waals surface area contributed by atoms with E-state index in [1.165, 1.54) is 6.34 Å². The average molecular weight is 507 g/mol. The molecule has 0 spiro atoms. The Morgan fingerprint density at radius 3 is 2.51 bits per heavy atom. The number of rotatable bonds is 8. The summed E-state index contributed by atoms with van der Waals surface area (Å²) in [6.45, 7) is 3.22. The molecule has 1 aliphatic rings. The van der Waals surface area contributed by atoms with Gasteiger partial charge in [-0.2, -0.15) is 18.3 Å². The summed E-state index contributed by atoms with van der Waals surface area (Å²) in [5, 5.41) is 8.69. The number of fused-ring (bicyclic) bond motifs is 1.